The summed E-state index contributed by atoms with van der Waals surface area (Å²) in [5.74, 6) is -0.0365. The van der Waals surface area contributed by atoms with Gasteiger partial charge in [-0.25, -0.2) is 4.98 Å². The Morgan fingerprint density at radius 2 is 2.15 bits per heavy atom. The average Bonchev–Trinajstić information content (AvgIpc) is 3.63. The lowest BCUT2D eigenvalue weighted by Crippen LogP contribution is -2.34. The van der Waals surface area contributed by atoms with Crippen molar-refractivity contribution in [3.63, 3.8) is 0 Å². The van der Waals surface area contributed by atoms with Crippen molar-refractivity contribution in [3.05, 3.63) is 70.1 Å². The highest BCUT2D eigenvalue weighted by Crippen LogP contribution is 2.33. The molecule has 0 aliphatic carbocycles. The molecule has 1 amide bonds. The van der Waals surface area contributed by atoms with Crippen LogP contribution in [0.2, 0.25) is 0 Å². The number of aromatic nitrogens is 2. The number of nitrogens with zero attached hydrogens (tertiary/aromatic N) is 3. The Balaban J connectivity index is 1.22. The Labute approximate surface area is 201 Å². The highest BCUT2D eigenvalue weighted by atomic mass is 32.1. The summed E-state index contributed by atoms with van der Waals surface area (Å²) in [4.78, 5) is 23.0. The highest BCUT2D eigenvalue weighted by Gasteiger charge is 2.21. The molecule has 8 heteroatoms. The molecule has 1 N–H and O–H groups in total. The minimum atomic E-state index is -0.0365. The van der Waals surface area contributed by atoms with E-state index in [1.54, 1.807) is 17.5 Å². The van der Waals surface area contributed by atoms with Crippen LogP contribution in [-0.2, 0) is 11.3 Å². The smallest absolute Gasteiger partial charge is 0.263 e. The van der Waals surface area contributed by atoms with E-state index in [-0.39, 0.29) is 5.91 Å². The van der Waals surface area contributed by atoms with Crippen LogP contribution >= 0.6 is 22.7 Å². The summed E-state index contributed by atoms with van der Waals surface area (Å²) in [6.45, 7) is 4.33. The first kappa shape index (κ1) is 22.3. The van der Waals surface area contributed by atoms with Crippen LogP contribution in [0.5, 0.6) is 0 Å². The maximum atomic E-state index is 13.1. The Morgan fingerprint density at radius 3 is 2.94 bits per heavy atom. The zero-order valence-corrected chi connectivity index (χ0v) is 20.1. The topological polar surface area (TPSA) is 59.4 Å². The number of carbonyl (C=O) groups excluding carboxylic acids is 1. The second-order valence-electron chi connectivity index (χ2n) is 8.29. The van der Waals surface area contributed by atoms with Crippen molar-refractivity contribution in [2.24, 2.45) is 0 Å². The number of amides is 1. The van der Waals surface area contributed by atoms with Gasteiger partial charge >= 0.3 is 0 Å². The molecule has 0 aromatic carbocycles. The zero-order chi connectivity index (χ0) is 22.5. The van der Waals surface area contributed by atoms with Crippen molar-refractivity contribution in [1.82, 2.24) is 19.8 Å². The second-order valence-corrected chi connectivity index (χ2v) is 10.3. The van der Waals surface area contributed by atoms with Gasteiger partial charge in [0.2, 0.25) is 0 Å². The minimum Gasteiger partial charge on any atom is -0.377 e. The Kier molecular flexibility index (Phi) is 7.16. The van der Waals surface area contributed by atoms with Gasteiger partial charge in [0.1, 0.15) is 9.71 Å². The highest BCUT2D eigenvalue weighted by molar-refractivity contribution is 7.21. The van der Waals surface area contributed by atoms with E-state index >= 15 is 0 Å². The molecule has 0 radical (unpaired) electrons. The van der Waals surface area contributed by atoms with Crippen LogP contribution in [0, 0.1) is 0 Å². The molecule has 0 unspecified atom stereocenters. The normalized spacial score (nSPS) is 16.1. The predicted molar refractivity (Wildman–Crippen MR) is 134 cm³/mol. The third-order valence-corrected chi connectivity index (χ3v) is 7.85. The van der Waals surface area contributed by atoms with Gasteiger partial charge in [-0.15, -0.1) is 22.7 Å². The molecule has 5 rings (SSSR count). The molecule has 1 saturated heterocycles. The van der Waals surface area contributed by atoms with E-state index in [2.05, 4.69) is 32.7 Å². The third kappa shape index (κ3) is 5.35. The van der Waals surface area contributed by atoms with E-state index in [4.69, 9.17) is 4.74 Å². The van der Waals surface area contributed by atoms with Gasteiger partial charge in [0.15, 0.2) is 0 Å². The van der Waals surface area contributed by atoms with Crippen molar-refractivity contribution in [3.8, 4) is 5.69 Å². The Bertz CT molecular complexity index is 1160. The third-order valence-electron chi connectivity index (χ3n) is 5.89. The van der Waals surface area contributed by atoms with Crippen molar-refractivity contribution in [2.75, 3.05) is 26.2 Å². The summed E-state index contributed by atoms with van der Waals surface area (Å²) in [6.07, 6.45) is 9.23. The Morgan fingerprint density at radius 1 is 1.24 bits per heavy atom. The quantitative estimate of drug-likeness (QED) is 0.326. The van der Waals surface area contributed by atoms with Crippen LogP contribution in [0.3, 0.4) is 0 Å². The number of thiophene rings is 2. The van der Waals surface area contributed by atoms with Crippen LogP contribution in [0.4, 0.5) is 0 Å². The fraction of sp³-hybridized carbons (Fsp3) is 0.360. The molecule has 1 atom stereocenters. The fourth-order valence-electron chi connectivity index (χ4n) is 4.33. The summed E-state index contributed by atoms with van der Waals surface area (Å²) in [5, 5.41) is 6.27. The van der Waals surface area contributed by atoms with E-state index in [1.165, 1.54) is 16.2 Å². The standard InChI is InChI=1S/C25H28N4O2S2/c30-24(23-22(29-13-1-2-14-29)21-9-3-10-27-25(21)33-23)26-11-6-12-28(17-19-7-4-15-31-19)18-20-8-5-16-32-20/h1-3,5,8-10,13-14,16,19H,4,6-7,11-12,15,17-18H2,(H,26,30)/t19-/m0/s1. The van der Waals surface area contributed by atoms with Gasteiger partial charge in [-0.2, -0.15) is 0 Å². The molecular weight excluding hydrogens is 452 g/mol. The minimum absolute atomic E-state index is 0.0365. The number of hydrogen-bond acceptors (Lipinski definition) is 6. The molecule has 0 bridgehead atoms. The monoisotopic (exact) mass is 480 g/mol. The van der Waals surface area contributed by atoms with E-state index in [0.29, 0.717) is 17.5 Å². The first-order valence-electron chi connectivity index (χ1n) is 11.4. The number of nitrogens with one attached hydrogen (secondary N) is 1. The van der Waals surface area contributed by atoms with Gasteiger partial charge in [-0.1, -0.05) is 6.07 Å². The van der Waals surface area contributed by atoms with E-state index in [1.807, 2.05) is 41.2 Å². The summed E-state index contributed by atoms with van der Waals surface area (Å²) < 4.78 is 7.87. The number of carbonyl (C=O) groups is 1. The lowest BCUT2D eigenvalue weighted by Gasteiger charge is -2.24. The molecule has 172 valence electrons. The Hall–Kier alpha value is -2.52. The van der Waals surface area contributed by atoms with Crippen molar-refractivity contribution >= 4 is 38.8 Å². The van der Waals surface area contributed by atoms with Crippen LogP contribution < -0.4 is 5.32 Å². The predicted octanol–water partition coefficient (Wildman–Crippen LogP) is 4.95. The molecule has 6 nitrogen and oxygen atoms in total. The number of ether oxygens (including phenoxy) is 1. The molecule has 0 saturated carbocycles. The van der Waals surface area contributed by atoms with E-state index in [9.17, 15) is 4.79 Å². The number of pyridine rings is 1. The molecule has 1 aliphatic heterocycles. The van der Waals surface area contributed by atoms with E-state index < -0.39 is 0 Å². The molecule has 0 spiro atoms. The van der Waals surface area contributed by atoms with Crippen LogP contribution in [0.25, 0.3) is 15.9 Å². The number of fused-ring (bicyclic) bond motifs is 1. The summed E-state index contributed by atoms with van der Waals surface area (Å²) in [7, 11) is 0. The fourth-order valence-corrected chi connectivity index (χ4v) is 6.14. The first-order chi connectivity index (χ1) is 16.3. The maximum absolute atomic E-state index is 13.1. The van der Waals surface area contributed by atoms with Gasteiger partial charge in [-0.3, -0.25) is 9.69 Å². The van der Waals surface area contributed by atoms with Crippen molar-refractivity contribution < 1.29 is 9.53 Å². The summed E-state index contributed by atoms with van der Waals surface area (Å²) in [6, 6.07) is 12.2. The molecule has 1 fully saturated rings. The SMILES string of the molecule is O=C(NCCCN(Cc1cccs1)C[C@@H]1CCCO1)c1sc2ncccc2c1-n1cccc1. The van der Waals surface area contributed by atoms with Gasteiger partial charge in [0.25, 0.3) is 5.91 Å². The van der Waals surface area contributed by atoms with E-state index in [0.717, 1.165) is 61.4 Å². The van der Waals surface area contributed by atoms with Crippen LogP contribution in [-0.4, -0.2) is 52.7 Å². The molecular formula is C25H28N4O2S2. The first-order valence-corrected chi connectivity index (χ1v) is 13.1. The van der Waals surface area contributed by atoms with Crippen LogP contribution in [0.1, 0.15) is 33.8 Å². The molecule has 4 aromatic rings. The van der Waals surface area contributed by atoms with Gasteiger partial charge in [0, 0.05) is 61.6 Å². The van der Waals surface area contributed by atoms with Crippen molar-refractivity contribution in [2.45, 2.75) is 31.9 Å². The summed E-state index contributed by atoms with van der Waals surface area (Å²) in [5.41, 5.74) is 0.906. The second kappa shape index (κ2) is 10.6. The van der Waals surface area contributed by atoms with Crippen molar-refractivity contribution in [1.29, 1.82) is 0 Å². The molecule has 33 heavy (non-hydrogen) atoms. The van der Waals surface area contributed by atoms with Gasteiger partial charge in [-0.05, 0) is 55.0 Å². The number of hydrogen-bond donors (Lipinski definition) is 1. The lowest BCUT2D eigenvalue weighted by molar-refractivity contribution is 0.0702. The summed E-state index contributed by atoms with van der Waals surface area (Å²) >= 11 is 3.24. The molecule has 4 aromatic heterocycles. The maximum Gasteiger partial charge on any atom is 0.263 e. The lowest BCUT2D eigenvalue weighted by atomic mass is 10.2. The zero-order valence-electron chi connectivity index (χ0n) is 18.5. The largest absolute Gasteiger partial charge is 0.377 e. The van der Waals surface area contributed by atoms with Gasteiger partial charge in [0.05, 0.1) is 11.8 Å². The molecule has 5 heterocycles. The molecule has 1 aliphatic rings. The number of rotatable bonds is 10. The van der Waals surface area contributed by atoms with Gasteiger partial charge < -0.3 is 14.6 Å². The van der Waals surface area contributed by atoms with Crippen LogP contribution in [0.15, 0.2) is 60.4 Å². The average molecular weight is 481 g/mol.